The molecule has 2 N–H and O–H groups in total. The summed E-state index contributed by atoms with van der Waals surface area (Å²) in [5.74, 6) is 0.144. The Labute approximate surface area is 92.4 Å². The van der Waals surface area contributed by atoms with Gasteiger partial charge in [0.2, 0.25) is 5.91 Å². The number of hydrogen-bond acceptors (Lipinski definition) is 3. The van der Waals surface area contributed by atoms with E-state index in [1.165, 1.54) is 0 Å². The molecule has 1 aliphatic rings. The molecule has 1 fully saturated rings. The highest BCUT2D eigenvalue weighted by atomic mass is 16.2. The van der Waals surface area contributed by atoms with Crippen molar-refractivity contribution in [2.24, 2.45) is 5.73 Å². The van der Waals surface area contributed by atoms with Gasteiger partial charge in [-0.15, -0.1) is 0 Å². The first-order chi connectivity index (χ1) is 6.79. The summed E-state index contributed by atoms with van der Waals surface area (Å²) in [5, 5.41) is 0. The highest BCUT2D eigenvalue weighted by Crippen LogP contribution is 2.25. The Balaban J connectivity index is 2.97. The molecule has 0 aromatic heterocycles. The summed E-state index contributed by atoms with van der Waals surface area (Å²) in [6.07, 6.45) is 0. The lowest BCUT2D eigenvalue weighted by atomic mass is 9.96. The molecule has 0 saturated carbocycles. The van der Waals surface area contributed by atoms with Gasteiger partial charge in [-0.05, 0) is 27.7 Å². The van der Waals surface area contributed by atoms with Gasteiger partial charge in [0.15, 0.2) is 0 Å². The number of nitrogens with two attached hydrogens (primary N) is 1. The van der Waals surface area contributed by atoms with Gasteiger partial charge in [0.1, 0.15) is 6.04 Å². The summed E-state index contributed by atoms with van der Waals surface area (Å²) in [4.78, 5) is 16.0. The van der Waals surface area contributed by atoms with Crippen LogP contribution >= 0.6 is 0 Å². The van der Waals surface area contributed by atoms with Gasteiger partial charge in [-0.25, -0.2) is 0 Å². The lowest BCUT2D eigenvalue weighted by molar-refractivity contribution is -0.147. The summed E-state index contributed by atoms with van der Waals surface area (Å²) in [6.45, 7) is 9.72. The van der Waals surface area contributed by atoms with Gasteiger partial charge in [0.05, 0.1) is 0 Å². The predicted octanol–water partition coefficient (Wildman–Crippen LogP) is 0.275. The quantitative estimate of drug-likeness (QED) is 0.680. The van der Waals surface area contributed by atoms with Crippen LogP contribution in [-0.4, -0.2) is 53.5 Å². The van der Waals surface area contributed by atoms with Crippen molar-refractivity contribution in [2.75, 3.05) is 20.1 Å². The highest BCUT2D eigenvalue weighted by Gasteiger charge is 2.41. The minimum atomic E-state index is -0.168. The summed E-state index contributed by atoms with van der Waals surface area (Å²) in [7, 11) is 1.85. The number of amides is 1. The van der Waals surface area contributed by atoms with E-state index in [-0.39, 0.29) is 17.5 Å². The fourth-order valence-electron chi connectivity index (χ4n) is 2.60. The maximum absolute atomic E-state index is 12.0. The third-order valence-corrected chi connectivity index (χ3v) is 3.01. The van der Waals surface area contributed by atoms with Crippen molar-refractivity contribution in [3.8, 4) is 0 Å². The fraction of sp³-hybridized carbons (Fsp3) is 0.909. The predicted molar refractivity (Wildman–Crippen MR) is 61.5 cm³/mol. The molecule has 4 nitrogen and oxygen atoms in total. The maximum atomic E-state index is 12.0. The lowest BCUT2D eigenvalue weighted by Crippen LogP contribution is -2.67. The van der Waals surface area contributed by atoms with Crippen LogP contribution in [0, 0.1) is 0 Å². The van der Waals surface area contributed by atoms with Crippen LogP contribution in [0.15, 0.2) is 0 Å². The molecule has 15 heavy (non-hydrogen) atoms. The molecular weight excluding hydrogens is 190 g/mol. The van der Waals surface area contributed by atoms with E-state index in [0.717, 1.165) is 6.54 Å². The molecule has 1 saturated heterocycles. The Bertz CT molecular complexity index is 247. The number of rotatable bonds is 1. The Morgan fingerprint density at radius 2 is 2.00 bits per heavy atom. The van der Waals surface area contributed by atoms with Crippen molar-refractivity contribution >= 4 is 5.91 Å². The zero-order valence-electron chi connectivity index (χ0n) is 10.4. The van der Waals surface area contributed by atoms with Crippen LogP contribution in [0.3, 0.4) is 0 Å². The Kier molecular flexibility index (Phi) is 3.41. The van der Waals surface area contributed by atoms with Gasteiger partial charge in [-0.2, -0.15) is 0 Å². The second-order valence-corrected chi connectivity index (χ2v) is 5.40. The Morgan fingerprint density at radius 3 is 2.40 bits per heavy atom. The van der Waals surface area contributed by atoms with Crippen LogP contribution in [0.4, 0.5) is 0 Å². The molecule has 1 amide bonds. The van der Waals surface area contributed by atoms with Gasteiger partial charge in [0, 0.05) is 31.7 Å². The van der Waals surface area contributed by atoms with Crippen molar-refractivity contribution in [1.82, 2.24) is 9.80 Å². The van der Waals surface area contributed by atoms with E-state index in [2.05, 4.69) is 32.6 Å². The average molecular weight is 213 g/mol. The van der Waals surface area contributed by atoms with Crippen molar-refractivity contribution in [3.05, 3.63) is 0 Å². The van der Waals surface area contributed by atoms with E-state index in [1.807, 2.05) is 7.05 Å². The van der Waals surface area contributed by atoms with Gasteiger partial charge < -0.3 is 10.6 Å². The number of carbonyl (C=O) groups excluding carboxylic acids is 1. The van der Waals surface area contributed by atoms with Gasteiger partial charge >= 0.3 is 0 Å². The molecule has 1 rings (SSSR count). The van der Waals surface area contributed by atoms with Crippen LogP contribution in [0.25, 0.3) is 0 Å². The van der Waals surface area contributed by atoms with E-state index in [0.29, 0.717) is 12.6 Å². The Morgan fingerprint density at radius 1 is 1.47 bits per heavy atom. The van der Waals surface area contributed by atoms with Crippen LogP contribution in [0.2, 0.25) is 0 Å². The minimum Gasteiger partial charge on any atom is -0.343 e. The number of likely N-dealkylation sites (N-methyl/N-ethyl adjacent to an activating group) is 1. The molecule has 0 spiro atoms. The molecule has 0 bridgehead atoms. The van der Waals surface area contributed by atoms with Gasteiger partial charge in [0.25, 0.3) is 0 Å². The molecule has 1 aliphatic heterocycles. The summed E-state index contributed by atoms with van der Waals surface area (Å²) >= 11 is 0. The molecule has 88 valence electrons. The zero-order chi connectivity index (χ0) is 11.8. The number of piperazine rings is 1. The normalized spacial score (nSPS) is 29.7. The molecule has 2 unspecified atom stereocenters. The summed E-state index contributed by atoms with van der Waals surface area (Å²) < 4.78 is 0. The SMILES string of the molecule is CC1CN(C)C(=O)C(CN)N1C(C)(C)C. The van der Waals surface area contributed by atoms with E-state index in [9.17, 15) is 4.79 Å². The lowest BCUT2D eigenvalue weighted by Gasteiger charge is -2.50. The van der Waals surface area contributed by atoms with E-state index in [4.69, 9.17) is 5.73 Å². The zero-order valence-corrected chi connectivity index (χ0v) is 10.4. The fourth-order valence-corrected chi connectivity index (χ4v) is 2.60. The standard InChI is InChI=1S/C11H23N3O/c1-8-7-13(5)10(15)9(6-12)14(8)11(2,3)4/h8-9H,6-7,12H2,1-5H3. The molecule has 0 aliphatic carbocycles. The number of nitrogens with zero attached hydrogens (tertiary/aromatic N) is 2. The molecule has 0 radical (unpaired) electrons. The highest BCUT2D eigenvalue weighted by molar-refractivity contribution is 5.83. The first-order valence-corrected chi connectivity index (χ1v) is 5.52. The molecule has 1 heterocycles. The van der Waals surface area contributed by atoms with Crippen molar-refractivity contribution < 1.29 is 4.79 Å². The van der Waals surface area contributed by atoms with Crippen molar-refractivity contribution in [3.63, 3.8) is 0 Å². The molecular formula is C11H23N3O. The maximum Gasteiger partial charge on any atom is 0.241 e. The molecule has 0 aromatic rings. The third kappa shape index (κ3) is 2.32. The van der Waals surface area contributed by atoms with Crippen LogP contribution in [0.1, 0.15) is 27.7 Å². The van der Waals surface area contributed by atoms with Crippen LogP contribution in [-0.2, 0) is 4.79 Å². The summed E-state index contributed by atoms with van der Waals surface area (Å²) in [6, 6.07) is 0.194. The number of hydrogen-bond donors (Lipinski definition) is 1. The van der Waals surface area contributed by atoms with E-state index >= 15 is 0 Å². The average Bonchev–Trinajstić information content (AvgIpc) is 2.08. The largest absolute Gasteiger partial charge is 0.343 e. The molecule has 0 aromatic carbocycles. The van der Waals surface area contributed by atoms with Crippen LogP contribution < -0.4 is 5.73 Å². The summed E-state index contributed by atoms with van der Waals surface area (Å²) in [5.41, 5.74) is 5.70. The molecule has 4 heteroatoms. The van der Waals surface area contributed by atoms with Crippen molar-refractivity contribution in [1.29, 1.82) is 0 Å². The number of carbonyl (C=O) groups is 1. The molecule has 2 atom stereocenters. The monoisotopic (exact) mass is 213 g/mol. The van der Waals surface area contributed by atoms with Gasteiger partial charge in [-0.1, -0.05) is 0 Å². The second kappa shape index (κ2) is 4.10. The third-order valence-electron chi connectivity index (χ3n) is 3.01. The first-order valence-electron chi connectivity index (χ1n) is 5.52. The van der Waals surface area contributed by atoms with Gasteiger partial charge in [-0.3, -0.25) is 9.69 Å². The Hall–Kier alpha value is -0.610. The smallest absolute Gasteiger partial charge is 0.241 e. The minimum absolute atomic E-state index is 0.0135. The van der Waals surface area contributed by atoms with Crippen molar-refractivity contribution in [2.45, 2.75) is 45.3 Å². The second-order valence-electron chi connectivity index (χ2n) is 5.40. The van der Waals surface area contributed by atoms with E-state index < -0.39 is 0 Å². The topological polar surface area (TPSA) is 49.6 Å². The van der Waals surface area contributed by atoms with E-state index in [1.54, 1.807) is 4.90 Å². The first kappa shape index (κ1) is 12.5. The van der Waals surface area contributed by atoms with Crippen LogP contribution in [0.5, 0.6) is 0 Å².